The third kappa shape index (κ3) is 4.64. The number of non-ortho nitro benzene ring substituents is 1. The van der Waals surface area contributed by atoms with Gasteiger partial charge in [-0.05, 0) is 53.1 Å². The number of carbonyl (C=O) groups is 1. The number of benzene rings is 3. The first kappa shape index (κ1) is 20.7. The smallest absolute Gasteiger partial charge is 0.270 e. The topological polar surface area (TPSA) is 94.2 Å². The predicted octanol–water partition coefficient (Wildman–Crippen LogP) is 5.25. The van der Waals surface area contributed by atoms with Crippen molar-refractivity contribution in [3.8, 4) is 16.9 Å². The van der Waals surface area contributed by atoms with E-state index >= 15 is 0 Å². The van der Waals surface area contributed by atoms with Crippen LogP contribution in [-0.4, -0.2) is 34.3 Å². The largest absolute Gasteiger partial charge is 0.497 e. The van der Waals surface area contributed by atoms with E-state index in [-0.39, 0.29) is 11.5 Å². The van der Waals surface area contributed by atoms with Crippen LogP contribution in [0.5, 0.6) is 5.75 Å². The lowest BCUT2D eigenvalue weighted by Crippen LogP contribution is -2.05. The van der Waals surface area contributed by atoms with Gasteiger partial charge in [0, 0.05) is 24.1 Å². The Morgan fingerprint density at radius 1 is 1.03 bits per heavy atom. The molecular weight excluding hydrogens is 414 g/mol. The van der Waals surface area contributed by atoms with E-state index in [9.17, 15) is 14.9 Å². The Morgan fingerprint density at radius 2 is 1.77 bits per heavy atom. The first-order valence-corrected chi connectivity index (χ1v) is 10.5. The lowest BCUT2D eigenvalue weighted by atomic mass is 9.97. The fourth-order valence-corrected chi connectivity index (χ4v) is 4.04. The highest BCUT2D eigenvalue weighted by molar-refractivity contribution is 8.14. The van der Waals surface area contributed by atoms with Crippen molar-refractivity contribution in [3.63, 3.8) is 0 Å². The second kappa shape index (κ2) is 8.69. The van der Waals surface area contributed by atoms with Crippen molar-refractivity contribution in [2.75, 3.05) is 12.9 Å². The molecule has 0 saturated carbocycles. The Hall–Kier alpha value is -3.52. The molecule has 0 N–H and O–H groups in total. The van der Waals surface area contributed by atoms with Crippen LogP contribution in [0.3, 0.4) is 0 Å². The number of nitrogens with zero attached hydrogens (tertiary/aromatic N) is 3. The monoisotopic (exact) mass is 433 g/mol. The molecule has 156 valence electrons. The van der Waals surface area contributed by atoms with Crippen molar-refractivity contribution in [2.45, 2.75) is 13.3 Å². The lowest BCUT2D eigenvalue weighted by molar-refractivity contribution is -0.384. The summed E-state index contributed by atoms with van der Waals surface area (Å²) in [4.78, 5) is 22.4. The highest BCUT2D eigenvalue weighted by Gasteiger charge is 2.19. The Bertz CT molecular complexity index is 1270. The number of ether oxygens (including phenoxy) is 1. The molecule has 0 radical (unpaired) electrons. The van der Waals surface area contributed by atoms with Gasteiger partial charge >= 0.3 is 0 Å². The van der Waals surface area contributed by atoms with Crippen molar-refractivity contribution in [3.05, 3.63) is 70.3 Å². The number of thioether (sulfide) groups is 1. The van der Waals surface area contributed by atoms with Crippen LogP contribution >= 0.6 is 11.8 Å². The van der Waals surface area contributed by atoms with Crippen LogP contribution < -0.4 is 4.74 Å². The van der Waals surface area contributed by atoms with Gasteiger partial charge in [-0.15, -0.1) is 16.9 Å². The van der Waals surface area contributed by atoms with Gasteiger partial charge in [-0.3, -0.25) is 14.9 Å². The molecule has 0 aliphatic carbocycles. The van der Waals surface area contributed by atoms with Crippen LogP contribution in [0.4, 0.5) is 5.69 Å². The number of rotatable bonds is 6. The van der Waals surface area contributed by atoms with E-state index in [1.807, 2.05) is 42.5 Å². The molecule has 0 spiro atoms. The van der Waals surface area contributed by atoms with E-state index in [2.05, 4.69) is 10.2 Å². The average Bonchev–Trinajstić information content (AvgIpc) is 3.25. The Balaban J connectivity index is 1.68. The summed E-state index contributed by atoms with van der Waals surface area (Å²) in [6, 6.07) is 16.7. The number of hydrogen-bond acceptors (Lipinski definition) is 7. The molecule has 0 aromatic heterocycles. The molecule has 0 unspecified atom stereocenters. The molecule has 0 atom stereocenters. The molecular formula is C23H19N3O4S. The first-order valence-electron chi connectivity index (χ1n) is 9.56. The lowest BCUT2D eigenvalue weighted by Gasteiger charge is -2.09. The second-order valence-corrected chi connectivity index (χ2v) is 8.21. The zero-order chi connectivity index (χ0) is 22.0. The molecule has 1 aliphatic heterocycles. The number of nitro groups is 1. The minimum atomic E-state index is -0.402. The quantitative estimate of drug-likeness (QED) is 0.391. The summed E-state index contributed by atoms with van der Waals surface area (Å²) in [5.41, 5.74) is 2.90. The summed E-state index contributed by atoms with van der Waals surface area (Å²) >= 11 is 1.35. The molecule has 1 heterocycles. The molecule has 0 bridgehead atoms. The number of nitro benzene ring substituents is 1. The summed E-state index contributed by atoms with van der Waals surface area (Å²) in [6.45, 7) is 1.52. The number of methoxy groups -OCH3 is 1. The number of Topliss-reactive ketones (excluding diaryl/α,β-unsaturated/α-hetero) is 1. The molecule has 7 nitrogen and oxygen atoms in total. The highest BCUT2D eigenvalue weighted by Crippen LogP contribution is 2.31. The van der Waals surface area contributed by atoms with Crippen LogP contribution in [0.25, 0.3) is 21.9 Å². The Morgan fingerprint density at radius 3 is 2.52 bits per heavy atom. The van der Waals surface area contributed by atoms with E-state index < -0.39 is 4.92 Å². The zero-order valence-electron chi connectivity index (χ0n) is 17.0. The summed E-state index contributed by atoms with van der Waals surface area (Å²) in [6.07, 6.45) is 0.454. The Kier molecular flexibility index (Phi) is 5.81. The third-order valence-corrected chi connectivity index (χ3v) is 6.00. The molecule has 3 aromatic rings. The maximum absolute atomic E-state index is 11.6. The third-order valence-electron chi connectivity index (χ3n) is 4.89. The molecule has 4 rings (SSSR count). The van der Waals surface area contributed by atoms with Crippen molar-refractivity contribution in [1.82, 2.24) is 0 Å². The standard InChI is InChI=1S/C23H19N3O4S/c1-14(27)13-31-23-12-22(24-25-23)19-8-18(9-20(10-19)26(28)29)16-3-4-17-11-21(30-2)6-5-15(17)7-16/h3-11H,12-13H2,1-2H3. The van der Waals surface area contributed by atoms with Gasteiger partial charge in [0.1, 0.15) is 16.6 Å². The van der Waals surface area contributed by atoms with Crippen molar-refractivity contribution in [1.29, 1.82) is 0 Å². The molecule has 3 aromatic carbocycles. The molecule has 0 fully saturated rings. The molecule has 31 heavy (non-hydrogen) atoms. The van der Waals surface area contributed by atoms with Crippen molar-refractivity contribution < 1.29 is 14.5 Å². The van der Waals surface area contributed by atoms with Crippen LogP contribution in [0, 0.1) is 10.1 Å². The number of carbonyl (C=O) groups excluding carboxylic acids is 1. The maximum Gasteiger partial charge on any atom is 0.270 e. The van der Waals surface area contributed by atoms with Crippen LogP contribution in [-0.2, 0) is 4.79 Å². The van der Waals surface area contributed by atoms with Crippen molar-refractivity contribution in [2.24, 2.45) is 10.2 Å². The minimum absolute atomic E-state index is 0.00475. The van der Waals surface area contributed by atoms with E-state index in [4.69, 9.17) is 4.74 Å². The van der Waals surface area contributed by atoms with E-state index in [1.54, 1.807) is 13.2 Å². The van der Waals surface area contributed by atoms with E-state index in [0.29, 0.717) is 23.4 Å². The Labute approximate surface area is 183 Å². The van der Waals surface area contributed by atoms with Gasteiger partial charge in [0.15, 0.2) is 0 Å². The summed E-state index contributed by atoms with van der Waals surface area (Å²) in [7, 11) is 1.62. The van der Waals surface area contributed by atoms with Gasteiger partial charge in [0.05, 0.1) is 23.5 Å². The number of ketones is 1. The maximum atomic E-state index is 11.6. The minimum Gasteiger partial charge on any atom is -0.497 e. The number of hydrogen-bond donors (Lipinski definition) is 0. The number of fused-ring (bicyclic) bond motifs is 1. The van der Waals surface area contributed by atoms with Crippen molar-refractivity contribution >= 4 is 44.8 Å². The second-order valence-electron chi connectivity index (χ2n) is 7.16. The van der Waals surface area contributed by atoms with Gasteiger partial charge in [0.2, 0.25) is 0 Å². The average molecular weight is 433 g/mol. The molecule has 0 amide bonds. The SMILES string of the molecule is COc1ccc2cc(-c3cc(C4=NN=C(SCC(C)=O)C4)cc([N+](=O)[O-])c3)ccc2c1. The molecule has 0 saturated heterocycles. The summed E-state index contributed by atoms with van der Waals surface area (Å²) in [5, 5.41) is 22.7. The van der Waals surface area contributed by atoms with Crippen LogP contribution in [0.1, 0.15) is 18.9 Å². The van der Waals surface area contributed by atoms with Gasteiger partial charge in [-0.25, -0.2) is 0 Å². The summed E-state index contributed by atoms with van der Waals surface area (Å²) in [5.74, 6) is 1.17. The van der Waals surface area contributed by atoms with Gasteiger partial charge in [-0.1, -0.05) is 18.2 Å². The molecule has 8 heteroatoms. The van der Waals surface area contributed by atoms with E-state index in [0.717, 1.165) is 32.7 Å². The fraction of sp³-hybridized carbons (Fsp3) is 0.174. The predicted molar refractivity (Wildman–Crippen MR) is 124 cm³/mol. The first-order chi connectivity index (χ1) is 14.9. The van der Waals surface area contributed by atoms with Crippen LogP contribution in [0.15, 0.2) is 64.8 Å². The highest BCUT2D eigenvalue weighted by atomic mass is 32.2. The van der Waals surface area contributed by atoms with Gasteiger partial charge < -0.3 is 4.74 Å². The summed E-state index contributed by atoms with van der Waals surface area (Å²) < 4.78 is 5.27. The molecule has 1 aliphatic rings. The van der Waals surface area contributed by atoms with E-state index in [1.165, 1.54) is 24.8 Å². The van der Waals surface area contributed by atoms with Gasteiger partial charge in [0.25, 0.3) is 5.69 Å². The normalized spacial score (nSPS) is 13.1. The van der Waals surface area contributed by atoms with Gasteiger partial charge in [-0.2, -0.15) is 5.10 Å². The van der Waals surface area contributed by atoms with Crippen LogP contribution in [0.2, 0.25) is 0 Å². The zero-order valence-corrected chi connectivity index (χ0v) is 17.8. The fourth-order valence-electron chi connectivity index (χ4n) is 3.33.